The number of hydrogen-bond donors (Lipinski definition) is 3. The standard InChI is InChI=1S/C11H11IN4O/c12-9-5-14-6-16-11(9)15-4-7-3-8(13)1-2-10(7)17/h1-3,5-6,17H,4,13H2,(H,14,15,16). The summed E-state index contributed by atoms with van der Waals surface area (Å²) in [5, 5.41) is 12.8. The Labute approximate surface area is 112 Å². The van der Waals surface area contributed by atoms with Crippen LogP contribution in [0.15, 0.2) is 30.7 Å². The van der Waals surface area contributed by atoms with Gasteiger partial charge in [-0.2, -0.15) is 0 Å². The van der Waals surface area contributed by atoms with Crippen molar-refractivity contribution >= 4 is 34.1 Å². The second kappa shape index (κ2) is 5.17. The summed E-state index contributed by atoms with van der Waals surface area (Å²) in [6.45, 7) is 0.462. The molecule has 0 spiro atoms. The minimum atomic E-state index is 0.218. The molecule has 0 bridgehead atoms. The third-order valence-corrected chi connectivity index (χ3v) is 3.01. The van der Waals surface area contributed by atoms with Gasteiger partial charge in [0.2, 0.25) is 0 Å². The minimum Gasteiger partial charge on any atom is -0.508 e. The lowest BCUT2D eigenvalue weighted by Gasteiger charge is -2.09. The molecule has 2 aromatic rings. The summed E-state index contributed by atoms with van der Waals surface area (Å²) in [4.78, 5) is 8.01. The van der Waals surface area contributed by atoms with Crippen LogP contribution in [0.3, 0.4) is 0 Å². The number of aromatic hydroxyl groups is 1. The first-order valence-electron chi connectivity index (χ1n) is 4.93. The van der Waals surface area contributed by atoms with Crippen LogP contribution in [0.2, 0.25) is 0 Å². The highest BCUT2D eigenvalue weighted by molar-refractivity contribution is 14.1. The molecule has 0 fully saturated rings. The molecule has 0 saturated carbocycles. The van der Waals surface area contributed by atoms with Crippen LogP contribution < -0.4 is 11.1 Å². The second-order valence-corrected chi connectivity index (χ2v) is 4.62. The Hall–Kier alpha value is -1.57. The Kier molecular flexibility index (Phi) is 3.62. The van der Waals surface area contributed by atoms with Gasteiger partial charge < -0.3 is 16.2 Å². The molecule has 1 aromatic heterocycles. The molecule has 0 atom stereocenters. The molecule has 88 valence electrons. The molecule has 4 N–H and O–H groups in total. The molecule has 0 aliphatic carbocycles. The van der Waals surface area contributed by atoms with Gasteiger partial charge in [0.15, 0.2) is 0 Å². The van der Waals surface area contributed by atoms with Crippen molar-refractivity contribution in [1.82, 2.24) is 9.97 Å². The summed E-state index contributed by atoms with van der Waals surface area (Å²) in [5.74, 6) is 0.957. The number of rotatable bonds is 3. The summed E-state index contributed by atoms with van der Waals surface area (Å²) in [6.07, 6.45) is 3.19. The zero-order chi connectivity index (χ0) is 12.3. The average molecular weight is 342 g/mol. The number of halogens is 1. The van der Waals surface area contributed by atoms with Gasteiger partial charge in [0.1, 0.15) is 17.9 Å². The van der Waals surface area contributed by atoms with Crippen LogP contribution in [0.5, 0.6) is 5.75 Å². The first kappa shape index (κ1) is 11.9. The van der Waals surface area contributed by atoms with Crippen molar-refractivity contribution < 1.29 is 5.11 Å². The van der Waals surface area contributed by atoms with Gasteiger partial charge in [0, 0.05) is 24.0 Å². The molecule has 1 aromatic carbocycles. The molecule has 2 rings (SSSR count). The van der Waals surface area contributed by atoms with E-state index in [0.717, 1.165) is 15.0 Å². The number of phenols is 1. The Morgan fingerprint density at radius 2 is 2.24 bits per heavy atom. The van der Waals surface area contributed by atoms with E-state index >= 15 is 0 Å². The largest absolute Gasteiger partial charge is 0.508 e. The summed E-state index contributed by atoms with van der Waals surface area (Å²) in [5.41, 5.74) is 7.02. The van der Waals surface area contributed by atoms with Gasteiger partial charge in [-0.1, -0.05) is 0 Å². The molecule has 0 radical (unpaired) electrons. The zero-order valence-electron chi connectivity index (χ0n) is 8.89. The Balaban J connectivity index is 2.12. The monoisotopic (exact) mass is 342 g/mol. The van der Waals surface area contributed by atoms with Crippen LogP contribution in [-0.2, 0) is 6.54 Å². The van der Waals surface area contributed by atoms with Crippen molar-refractivity contribution in [1.29, 1.82) is 0 Å². The van der Waals surface area contributed by atoms with Gasteiger partial charge in [-0.15, -0.1) is 0 Å². The van der Waals surface area contributed by atoms with E-state index in [1.807, 2.05) is 0 Å². The number of phenolic OH excluding ortho intramolecular Hbond substituents is 1. The lowest BCUT2D eigenvalue weighted by Crippen LogP contribution is -2.04. The fourth-order valence-electron chi connectivity index (χ4n) is 1.37. The lowest BCUT2D eigenvalue weighted by molar-refractivity contribution is 0.469. The third-order valence-electron chi connectivity index (χ3n) is 2.22. The van der Waals surface area contributed by atoms with Crippen molar-refractivity contribution in [3.05, 3.63) is 39.9 Å². The minimum absolute atomic E-state index is 0.218. The van der Waals surface area contributed by atoms with Gasteiger partial charge in [-0.3, -0.25) is 0 Å². The van der Waals surface area contributed by atoms with Crippen LogP contribution in [0.4, 0.5) is 11.5 Å². The molecule has 0 amide bonds. The van der Waals surface area contributed by atoms with E-state index in [9.17, 15) is 5.11 Å². The summed E-state index contributed by atoms with van der Waals surface area (Å²) in [7, 11) is 0. The summed E-state index contributed by atoms with van der Waals surface area (Å²) in [6, 6.07) is 4.97. The highest BCUT2D eigenvalue weighted by Gasteiger charge is 2.04. The first-order chi connectivity index (χ1) is 8.16. The molecule has 5 nitrogen and oxygen atoms in total. The van der Waals surface area contributed by atoms with Crippen LogP contribution in [0, 0.1) is 3.57 Å². The van der Waals surface area contributed by atoms with Crippen LogP contribution >= 0.6 is 22.6 Å². The van der Waals surface area contributed by atoms with Gasteiger partial charge in [-0.25, -0.2) is 9.97 Å². The van der Waals surface area contributed by atoms with E-state index in [-0.39, 0.29) is 5.75 Å². The maximum Gasteiger partial charge on any atom is 0.143 e. The molecule has 17 heavy (non-hydrogen) atoms. The Bertz CT molecular complexity index is 533. The highest BCUT2D eigenvalue weighted by atomic mass is 127. The fourth-order valence-corrected chi connectivity index (χ4v) is 1.86. The van der Waals surface area contributed by atoms with E-state index in [4.69, 9.17) is 5.73 Å². The second-order valence-electron chi connectivity index (χ2n) is 3.46. The molecule has 0 aliphatic rings. The van der Waals surface area contributed by atoms with E-state index < -0.39 is 0 Å². The Morgan fingerprint density at radius 3 is 3.00 bits per heavy atom. The first-order valence-corrected chi connectivity index (χ1v) is 6.01. The topological polar surface area (TPSA) is 84.1 Å². The zero-order valence-corrected chi connectivity index (χ0v) is 11.0. The SMILES string of the molecule is Nc1ccc(O)c(CNc2ncncc2I)c1. The Morgan fingerprint density at radius 1 is 1.41 bits per heavy atom. The number of anilines is 2. The lowest BCUT2D eigenvalue weighted by atomic mass is 10.2. The average Bonchev–Trinajstić information content (AvgIpc) is 2.32. The molecule has 0 unspecified atom stereocenters. The van der Waals surface area contributed by atoms with Crippen molar-refractivity contribution in [3.8, 4) is 5.75 Å². The van der Waals surface area contributed by atoms with Gasteiger partial charge >= 0.3 is 0 Å². The maximum absolute atomic E-state index is 9.65. The molecular formula is C11H11IN4O. The summed E-state index contributed by atoms with van der Waals surface area (Å²) >= 11 is 2.14. The quantitative estimate of drug-likeness (QED) is 0.451. The van der Waals surface area contributed by atoms with Crippen LogP contribution in [-0.4, -0.2) is 15.1 Å². The highest BCUT2D eigenvalue weighted by Crippen LogP contribution is 2.21. The van der Waals surface area contributed by atoms with Crippen LogP contribution in [0.25, 0.3) is 0 Å². The molecule has 0 saturated heterocycles. The number of nitrogens with two attached hydrogens (primary N) is 1. The van der Waals surface area contributed by atoms with Crippen molar-refractivity contribution in [2.45, 2.75) is 6.54 Å². The number of nitrogens with one attached hydrogen (secondary N) is 1. The number of aromatic nitrogens is 2. The van der Waals surface area contributed by atoms with Gasteiger partial charge in [-0.05, 0) is 40.8 Å². The number of nitrogens with zero attached hydrogens (tertiary/aromatic N) is 2. The molecule has 0 aliphatic heterocycles. The molecule has 6 heteroatoms. The van der Waals surface area contributed by atoms with Crippen molar-refractivity contribution in [2.24, 2.45) is 0 Å². The van der Waals surface area contributed by atoms with Crippen molar-refractivity contribution in [2.75, 3.05) is 11.1 Å². The van der Waals surface area contributed by atoms with Crippen LogP contribution in [0.1, 0.15) is 5.56 Å². The maximum atomic E-state index is 9.65. The van der Waals surface area contributed by atoms with E-state index in [1.165, 1.54) is 6.33 Å². The molecular weight excluding hydrogens is 331 g/mol. The predicted molar refractivity (Wildman–Crippen MR) is 74.6 cm³/mol. The third kappa shape index (κ3) is 2.96. The van der Waals surface area contributed by atoms with E-state index in [2.05, 4.69) is 37.9 Å². The van der Waals surface area contributed by atoms with Gasteiger partial charge in [0.05, 0.1) is 3.57 Å². The van der Waals surface area contributed by atoms with Crippen molar-refractivity contribution in [3.63, 3.8) is 0 Å². The number of hydrogen-bond acceptors (Lipinski definition) is 5. The van der Waals surface area contributed by atoms with E-state index in [1.54, 1.807) is 24.4 Å². The molecule has 1 heterocycles. The normalized spacial score (nSPS) is 10.2. The van der Waals surface area contributed by atoms with E-state index in [0.29, 0.717) is 12.2 Å². The predicted octanol–water partition coefficient (Wildman–Crippen LogP) is 1.98. The fraction of sp³-hybridized carbons (Fsp3) is 0.0909. The summed E-state index contributed by atoms with van der Waals surface area (Å²) < 4.78 is 0.925. The number of nitrogen functional groups attached to an aromatic ring is 1. The smallest absolute Gasteiger partial charge is 0.143 e. The number of benzene rings is 1. The van der Waals surface area contributed by atoms with Gasteiger partial charge in [0.25, 0.3) is 0 Å².